The number of hydrogen-bond acceptors (Lipinski definition) is 1. The molecule has 0 fully saturated rings. The molecule has 0 spiro atoms. The van der Waals surface area contributed by atoms with Crippen molar-refractivity contribution in [2.75, 3.05) is 0 Å². The molecule has 1 atom stereocenters. The van der Waals surface area contributed by atoms with E-state index in [0.717, 1.165) is 12.8 Å². The lowest BCUT2D eigenvalue weighted by Crippen LogP contribution is -2.16. The molecular weight excluding hydrogens is 304 g/mol. The number of benzene rings is 3. The predicted molar refractivity (Wildman–Crippen MR) is 105 cm³/mol. The van der Waals surface area contributed by atoms with E-state index in [1.807, 2.05) is 24.3 Å². The zero-order valence-corrected chi connectivity index (χ0v) is 14.4. The molecule has 1 unspecified atom stereocenters. The van der Waals surface area contributed by atoms with E-state index >= 15 is 0 Å². The average molecular weight is 328 g/mol. The molecule has 3 aromatic carbocycles. The van der Waals surface area contributed by atoms with Crippen LogP contribution in [-0.2, 0) is 11.2 Å². The van der Waals surface area contributed by atoms with E-state index < -0.39 is 0 Å². The Morgan fingerprint density at radius 1 is 0.720 bits per heavy atom. The Hall–Kier alpha value is -2.64. The van der Waals surface area contributed by atoms with Crippen LogP contribution in [0.3, 0.4) is 0 Å². The fourth-order valence-corrected chi connectivity index (χ4v) is 2.98. The molecule has 0 aromatic heterocycles. The second kappa shape index (κ2) is 9.00. The Morgan fingerprint density at radius 2 is 1.20 bits per heavy atom. The van der Waals surface area contributed by atoms with Crippen LogP contribution in [0.15, 0.2) is 104 Å². The van der Waals surface area contributed by atoms with Crippen molar-refractivity contribution in [2.24, 2.45) is 0 Å². The predicted octanol–water partition coefficient (Wildman–Crippen LogP) is 5.98. The Morgan fingerprint density at radius 3 is 1.68 bits per heavy atom. The highest BCUT2D eigenvalue weighted by molar-refractivity contribution is 5.30. The molecule has 0 aliphatic heterocycles. The molecule has 0 saturated heterocycles. The molecule has 0 amide bonds. The molecule has 0 heterocycles. The first-order valence-corrected chi connectivity index (χ1v) is 8.78. The molecule has 1 nitrogen and oxygen atoms in total. The minimum atomic E-state index is -0.0822. The van der Waals surface area contributed by atoms with Gasteiger partial charge in [-0.15, -0.1) is 6.58 Å². The van der Waals surface area contributed by atoms with Crippen LogP contribution in [-0.4, -0.2) is 6.10 Å². The summed E-state index contributed by atoms with van der Waals surface area (Å²) in [5, 5.41) is 0. The second-order valence-electron chi connectivity index (χ2n) is 6.14. The number of ether oxygens (including phenoxy) is 1. The number of hydrogen-bond donors (Lipinski definition) is 0. The van der Waals surface area contributed by atoms with Gasteiger partial charge in [-0.05, 0) is 29.5 Å². The highest BCUT2D eigenvalue weighted by atomic mass is 16.5. The van der Waals surface area contributed by atoms with Gasteiger partial charge in [-0.3, -0.25) is 0 Å². The summed E-state index contributed by atoms with van der Waals surface area (Å²) in [6.07, 6.45) is 3.74. The standard InChI is InChI=1S/C24H24O/c1-2-23(19-18-20-12-6-3-7-13-20)25-24(21-14-8-4-9-15-21)22-16-10-5-11-17-22/h2-17,23-24H,1,18-19H2. The normalized spacial score (nSPS) is 12.0. The van der Waals surface area contributed by atoms with E-state index in [1.54, 1.807) is 0 Å². The monoisotopic (exact) mass is 328 g/mol. The summed E-state index contributed by atoms with van der Waals surface area (Å²) in [5.74, 6) is 0. The van der Waals surface area contributed by atoms with Gasteiger partial charge in [0.25, 0.3) is 0 Å². The number of rotatable bonds is 8. The van der Waals surface area contributed by atoms with E-state index in [2.05, 4.69) is 79.4 Å². The number of aryl methyl sites for hydroxylation is 1. The molecule has 0 saturated carbocycles. The van der Waals surface area contributed by atoms with Crippen LogP contribution in [0.2, 0.25) is 0 Å². The molecule has 1 heteroatoms. The van der Waals surface area contributed by atoms with Crippen LogP contribution < -0.4 is 0 Å². The topological polar surface area (TPSA) is 9.23 Å². The highest BCUT2D eigenvalue weighted by Gasteiger charge is 2.18. The van der Waals surface area contributed by atoms with Crippen molar-refractivity contribution in [1.82, 2.24) is 0 Å². The van der Waals surface area contributed by atoms with Crippen molar-refractivity contribution in [3.8, 4) is 0 Å². The third-order valence-electron chi connectivity index (χ3n) is 4.34. The van der Waals surface area contributed by atoms with Gasteiger partial charge in [0, 0.05) is 0 Å². The molecule has 126 valence electrons. The molecule has 25 heavy (non-hydrogen) atoms. The van der Waals surface area contributed by atoms with Crippen LogP contribution in [0.4, 0.5) is 0 Å². The average Bonchev–Trinajstić information content (AvgIpc) is 2.70. The summed E-state index contributed by atoms with van der Waals surface area (Å²) in [7, 11) is 0. The Bertz CT molecular complexity index is 710. The van der Waals surface area contributed by atoms with Gasteiger partial charge in [-0.2, -0.15) is 0 Å². The van der Waals surface area contributed by atoms with Gasteiger partial charge < -0.3 is 4.74 Å². The fraction of sp³-hybridized carbons (Fsp3) is 0.167. The highest BCUT2D eigenvalue weighted by Crippen LogP contribution is 2.28. The summed E-state index contributed by atoms with van der Waals surface area (Å²) in [5.41, 5.74) is 3.66. The minimum absolute atomic E-state index is 0.00520. The van der Waals surface area contributed by atoms with E-state index in [-0.39, 0.29) is 12.2 Å². The van der Waals surface area contributed by atoms with Crippen molar-refractivity contribution in [2.45, 2.75) is 25.0 Å². The van der Waals surface area contributed by atoms with Crippen LogP contribution in [0, 0.1) is 0 Å². The minimum Gasteiger partial charge on any atom is -0.361 e. The quantitative estimate of drug-likeness (QED) is 0.462. The maximum atomic E-state index is 6.48. The van der Waals surface area contributed by atoms with Gasteiger partial charge in [-0.25, -0.2) is 0 Å². The summed E-state index contributed by atoms with van der Waals surface area (Å²) in [6.45, 7) is 3.99. The van der Waals surface area contributed by atoms with Crippen molar-refractivity contribution in [1.29, 1.82) is 0 Å². The summed E-state index contributed by atoms with van der Waals surface area (Å²) >= 11 is 0. The molecular formula is C24H24O. The van der Waals surface area contributed by atoms with Crippen molar-refractivity contribution < 1.29 is 4.74 Å². The van der Waals surface area contributed by atoms with Crippen molar-refractivity contribution in [3.63, 3.8) is 0 Å². The molecule has 0 radical (unpaired) electrons. The third-order valence-corrected chi connectivity index (χ3v) is 4.34. The van der Waals surface area contributed by atoms with Gasteiger partial charge in [-0.1, -0.05) is 97.1 Å². The zero-order valence-electron chi connectivity index (χ0n) is 14.4. The van der Waals surface area contributed by atoms with Gasteiger partial charge in [0.05, 0.1) is 6.10 Å². The van der Waals surface area contributed by atoms with Gasteiger partial charge in [0.15, 0.2) is 0 Å². The van der Waals surface area contributed by atoms with Crippen LogP contribution in [0.5, 0.6) is 0 Å². The van der Waals surface area contributed by atoms with E-state index in [1.165, 1.54) is 16.7 Å². The maximum Gasteiger partial charge on any atom is 0.108 e. The summed E-state index contributed by atoms with van der Waals surface area (Å²) in [4.78, 5) is 0. The lowest BCUT2D eigenvalue weighted by Gasteiger charge is -2.24. The summed E-state index contributed by atoms with van der Waals surface area (Å²) in [6, 6.07) is 31.3. The largest absolute Gasteiger partial charge is 0.361 e. The first-order chi connectivity index (χ1) is 12.4. The van der Waals surface area contributed by atoms with Crippen LogP contribution in [0.1, 0.15) is 29.2 Å². The molecule has 3 aromatic rings. The lowest BCUT2D eigenvalue weighted by molar-refractivity contribution is 0.0320. The van der Waals surface area contributed by atoms with Gasteiger partial charge in [0.2, 0.25) is 0 Å². The third kappa shape index (κ3) is 4.91. The zero-order chi connectivity index (χ0) is 17.3. The Kier molecular flexibility index (Phi) is 6.19. The Labute approximate surface area is 150 Å². The maximum absolute atomic E-state index is 6.48. The Balaban J connectivity index is 1.75. The van der Waals surface area contributed by atoms with Gasteiger partial charge >= 0.3 is 0 Å². The first-order valence-electron chi connectivity index (χ1n) is 8.78. The van der Waals surface area contributed by atoms with Gasteiger partial charge in [0.1, 0.15) is 6.10 Å². The molecule has 0 aliphatic rings. The smallest absolute Gasteiger partial charge is 0.108 e. The van der Waals surface area contributed by atoms with E-state index in [4.69, 9.17) is 4.74 Å². The molecule has 0 bridgehead atoms. The molecule has 0 N–H and O–H groups in total. The lowest BCUT2D eigenvalue weighted by atomic mass is 10.0. The summed E-state index contributed by atoms with van der Waals surface area (Å²) < 4.78 is 6.48. The molecule has 0 aliphatic carbocycles. The van der Waals surface area contributed by atoms with Crippen molar-refractivity contribution >= 4 is 0 Å². The van der Waals surface area contributed by atoms with Crippen LogP contribution >= 0.6 is 0 Å². The SMILES string of the molecule is C=CC(CCc1ccccc1)OC(c1ccccc1)c1ccccc1. The van der Waals surface area contributed by atoms with E-state index in [0.29, 0.717) is 0 Å². The fourth-order valence-electron chi connectivity index (χ4n) is 2.98. The van der Waals surface area contributed by atoms with E-state index in [9.17, 15) is 0 Å². The van der Waals surface area contributed by atoms with Crippen molar-refractivity contribution in [3.05, 3.63) is 120 Å². The van der Waals surface area contributed by atoms with Crippen LogP contribution in [0.25, 0.3) is 0 Å². The first kappa shape index (κ1) is 17.2. The molecule has 3 rings (SSSR count). The second-order valence-corrected chi connectivity index (χ2v) is 6.14.